The molecule has 39 heavy (non-hydrogen) atoms. The predicted octanol–water partition coefficient (Wildman–Crippen LogP) is 4.15. The highest BCUT2D eigenvalue weighted by atomic mass is 79.9. The second kappa shape index (κ2) is 12.6. The summed E-state index contributed by atoms with van der Waals surface area (Å²) in [7, 11) is -4.05. The predicted molar refractivity (Wildman–Crippen MR) is 151 cm³/mol. The number of rotatable bonds is 11. The van der Waals surface area contributed by atoms with Gasteiger partial charge in [0.1, 0.15) is 10.9 Å². The van der Waals surface area contributed by atoms with Gasteiger partial charge in [0, 0.05) is 36.9 Å². The van der Waals surface area contributed by atoms with Crippen molar-refractivity contribution >= 4 is 43.7 Å². The Hall–Kier alpha value is -3.50. The lowest BCUT2D eigenvalue weighted by Crippen LogP contribution is -2.51. The average molecular weight is 613 g/mol. The van der Waals surface area contributed by atoms with Crippen LogP contribution in [0.1, 0.15) is 41.3 Å². The molecule has 0 saturated carbocycles. The first-order valence-corrected chi connectivity index (χ1v) is 15.0. The van der Waals surface area contributed by atoms with Crippen molar-refractivity contribution in [3.05, 3.63) is 100 Å². The quantitative estimate of drug-likeness (QED) is 0.351. The maximum absolute atomic E-state index is 13.8. The van der Waals surface area contributed by atoms with Crippen LogP contribution in [-0.4, -0.2) is 54.5 Å². The highest BCUT2D eigenvalue weighted by molar-refractivity contribution is 9.10. The molecule has 1 heterocycles. The Kier molecular flexibility index (Phi) is 9.19. The lowest BCUT2D eigenvalue weighted by molar-refractivity contribution is -0.141. The third-order valence-corrected chi connectivity index (χ3v) is 8.84. The third kappa shape index (κ3) is 6.57. The number of hydrogen-bond donors (Lipinski definition) is 1. The van der Waals surface area contributed by atoms with E-state index in [1.165, 1.54) is 17.0 Å². The van der Waals surface area contributed by atoms with Gasteiger partial charge in [-0.1, -0.05) is 77.5 Å². The van der Waals surface area contributed by atoms with Crippen molar-refractivity contribution in [1.29, 1.82) is 0 Å². The summed E-state index contributed by atoms with van der Waals surface area (Å²) >= 11 is 3.46. The Morgan fingerprint density at radius 1 is 0.974 bits per heavy atom. The van der Waals surface area contributed by atoms with Crippen LogP contribution < -0.4 is 5.32 Å². The van der Waals surface area contributed by atoms with Gasteiger partial charge in [0.2, 0.25) is 11.8 Å². The van der Waals surface area contributed by atoms with Gasteiger partial charge in [0.05, 0.1) is 5.56 Å². The fourth-order valence-corrected chi connectivity index (χ4v) is 6.56. The van der Waals surface area contributed by atoms with Crippen LogP contribution in [-0.2, 0) is 32.6 Å². The zero-order valence-electron chi connectivity index (χ0n) is 21.5. The van der Waals surface area contributed by atoms with Gasteiger partial charge in [-0.05, 0) is 41.8 Å². The van der Waals surface area contributed by atoms with Crippen molar-refractivity contribution in [3.8, 4) is 0 Å². The van der Waals surface area contributed by atoms with Gasteiger partial charge in [0.15, 0.2) is 0 Å². The molecule has 0 aliphatic carbocycles. The molecule has 8 nitrogen and oxygen atoms in total. The molecule has 1 N–H and O–H groups in total. The molecule has 0 unspecified atom stereocenters. The molecule has 0 saturated heterocycles. The van der Waals surface area contributed by atoms with Crippen molar-refractivity contribution in [2.24, 2.45) is 0 Å². The molecule has 1 aliphatic rings. The van der Waals surface area contributed by atoms with Crippen molar-refractivity contribution in [2.75, 3.05) is 13.1 Å². The molecule has 3 aromatic carbocycles. The van der Waals surface area contributed by atoms with E-state index >= 15 is 0 Å². The van der Waals surface area contributed by atoms with Crippen LogP contribution in [0.2, 0.25) is 0 Å². The number of nitrogens with zero attached hydrogens (tertiary/aromatic N) is 2. The summed E-state index contributed by atoms with van der Waals surface area (Å²) in [6, 6.07) is 22.0. The van der Waals surface area contributed by atoms with E-state index in [-0.39, 0.29) is 42.3 Å². The molecule has 0 bridgehead atoms. The summed E-state index contributed by atoms with van der Waals surface area (Å²) in [6.07, 6.45) is 0.751. The third-order valence-electron chi connectivity index (χ3n) is 6.50. The molecular weight excluding hydrogens is 582 g/mol. The van der Waals surface area contributed by atoms with E-state index in [4.69, 9.17) is 0 Å². The van der Waals surface area contributed by atoms with Gasteiger partial charge in [-0.25, -0.2) is 12.7 Å². The first-order valence-electron chi connectivity index (χ1n) is 12.7. The monoisotopic (exact) mass is 611 g/mol. The van der Waals surface area contributed by atoms with Gasteiger partial charge in [0.25, 0.3) is 15.9 Å². The summed E-state index contributed by atoms with van der Waals surface area (Å²) in [5.74, 6) is -1.37. The van der Waals surface area contributed by atoms with Gasteiger partial charge in [-0.2, -0.15) is 0 Å². The van der Waals surface area contributed by atoms with Gasteiger partial charge < -0.3 is 10.2 Å². The number of fused-ring (bicyclic) bond motifs is 1. The first kappa shape index (κ1) is 28.5. The summed E-state index contributed by atoms with van der Waals surface area (Å²) < 4.78 is 27.6. The Balaban J connectivity index is 1.63. The average Bonchev–Trinajstić information content (AvgIpc) is 3.13. The van der Waals surface area contributed by atoms with Crippen molar-refractivity contribution in [3.63, 3.8) is 0 Å². The first-order chi connectivity index (χ1) is 18.7. The topological polar surface area (TPSA) is 104 Å². The highest BCUT2D eigenvalue weighted by Crippen LogP contribution is 2.30. The molecule has 3 aromatic rings. The molecule has 1 aliphatic heterocycles. The lowest BCUT2D eigenvalue weighted by Gasteiger charge is -2.32. The highest BCUT2D eigenvalue weighted by Gasteiger charge is 2.41. The summed E-state index contributed by atoms with van der Waals surface area (Å²) in [6.45, 7) is 2.22. The minimum Gasteiger partial charge on any atom is -0.354 e. The lowest BCUT2D eigenvalue weighted by atomic mass is 10.0. The van der Waals surface area contributed by atoms with Crippen molar-refractivity contribution < 1.29 is 22.8 Å². The molecule has 10 heteroatoms. The molecule has 3 amide bonds. The van der Waals surface area contributed by atoms with Crippen LogP contribution in [0.5, 0.6) is 0 Å². The molecule has 1 atom stereocenters. The van der Waals surface area contributed by atoms with Crippen molar-refractivity contribution in [1.82, 2.24) is 14.5 Å². The SMILES string of the molecule is CCCNC(=O)[C@@H](Cc1ccccc1)N(Cc1cccc(Br)c1)C(=O)CCN1C(=O)c2ccccc2S1(=O)=O. The molecule has 0 aromatic heterocycles. The second-order valence-corrected chi connectivity index (χ2v) is 12.0. The van der Waals surface area contributed by atoms with Crippen LogP contribution in [0.25, 0.3) is 0 Å². The number of carbonyl (C=O) groups is 3. The van der Waals surface area contributed by atoms with Gasteiger partial charge in [-0.15, -0.1) is 0 Å². The standard InChI is InChI=1S/C29H30BrN3O5S/c1-2-16-31-28(35)25(19-21-9-4-3-5-10-21)32(20-22-11-8-12-23(30)18-22)27(34)15-17-33-29(36)24-13-6-7-14-26(24)39(33,37)38/h3-14,18,25H,2,15-17,19-20H2,1H3,(H,31,35)/t25-/m1/s1. The zero-order valence-corrected chi connectivity index (χ0v) is 23.9. The van der Waals surface area contributed by atoms with E-state index in [1.54, 1.807) is 12.1 Å². The fourth-order valence-electron chi connectivity index (χ4n) is 4.54. The van der Waals surface area contributed by atoms with Crippen LogP contribution in [0.15, 0.2) is 88.2 Å². The van der Waals surface area contributed by atoms with Crippen LogP contribution in [0, 0.1) is 0 Å². The largest absolute Gasteiger partial charge is 0.354 e. The van der Waals surface area contributed by atoms with Gasteiger partial charge in [-0.3, -0.25) is 14.4 Å². The van der Waals surface area contributed by atoms with E-state index in [9.17, 15) is 22.8 Å². The van der Waals surface area contributed by atoms with E-state index in [2.05, 4.69) is 21.2 Å². The van der Waals surface area contributed by atoms with E-state index in [0.29, 0.717) is 6.54 Å². The minimum atomic E-state index is -4.05. The van der Waals surface area contributed by atoms with Crippen LogP contribution in [0.3, 0.4) is 0 Å². The normalized spacial score (nSPS) is 14.5. The zero-order chi connectivity index (χ0) is 28.0. The van der Waals surface area contributed by atoms with Crippen molar-refractivity contribution in [2.45, 2.75) is 43.7 Å². The number of carbonyl (C=O) groups excluding carboxylic acids is 3. The number of sulfonamides is 1. The van der Waals surface area contributed by atoms with E-state index < -0.39 is 27.9 Å². The number of amides is 3. The van der Waals surface area contributed by atoms with E-state index in [0.717, 1.165) is 26.3 Å². The van der Waals surface area contributed by atoms with E-state index in [1.807, 2.05) is 61.5 Å². The summed E-state index contributed by atoms with van der Waals surface area (Å²) in [4.78, 5) is 41.5. The number of nitrogens with one attached hydrogen (secondary N) is 1. The fraction of sp³-hybridized carbons (Fsp3) is 0.276. The Morgan fingerprint density at radius 2 is 1.67 bits per heavy atom. The molecular formula is C29H30BrN3O5S. The maximum Gasteiger partial charge on any atom is 0.269 e. The Labute approximate surface area is 237 Å². The summed E-state index contributed by atoms with van der Waals surface area (Å²) in [5.41, 5.74) is 1.78. The summed E-state index contributed by atoms with van der Waals surface area (Å²) in [5, 5.41) is 2.91. The molecule has 0 radical (unpaired) electrons. The Morgan fingerprint density at radius 3 is 2.36 bits per heavy atom. The molecule has 0 fully saturated rings. The molecule has 204 valence electrons. The smallest absolute Gasteiger partial charge is 0.269 e. The maximum atomic E-state index is 13.8. The number of benzene rings is 3. The second-order valence-electron chi connectivity index (χ2n) is 9.28. The molecule has 0 spiro atoms. The van der Waals surface area contributed by atoms with Crippen LogP contribution in [0.4, 0.5) is 0 Å². The molecule has 4 rings (SSSR count). The minimum absolute atomic E-state index is 0.0608. The van der Waals surface area contributed by atoms with Gasteiger partial charge >= 0.3 is 0 Å². The number of hydrogen-bond acceptors (Lipinski definition) is 5. The van der Waals surface area contributed by atoms with Crippen LogP contribution >= 0.6 is 15.9 Å². The number of halogens is 1. The Bertz CT molecular complexity index is 1460.